The molecule has 0 amide bonds. The molecule has 0 atom stereocenters. The van der Waals surface area contributed by atoms with Gasteiger partial charge < -0.3 is 10.6 Å². The fourth-order valence-electron chi connectivity index (χ4n) is 3.51. The summed E-state index contributed by atoms with van der Waals surface area (Å²) in [6.45, 7) is 1.47. The molecule has 0 radical (unpaired) electrons. The average molecular weight is 445 g/mol. The van der Waals surface area contributed by atoms with E-state index < -0.39 is 0 Å². The van der Waals surface area contributed by atoms with Crippen molar-refractivity contribution < 1.29 is 0 Å². The standard InChI is InChI=1S/C28H24N6/c1-3-15-29-25(5-1)27-13-11-23(19-33-27)31-17-21-7-9-22(10-8-21)18-32-24-12-14-28(34-20-24)26-6-2-4-16-30-26/h1-16,19-20,31-32H,17-18H2. The lowest BCUT2D eigenvalue weighted by molar-refractivity contribution is 1.10. The van der Waals surface area contributed by atoms with Crippen molar-refractivity contribution in [3.8, 4) is 22.8 Å². The summed E-state index contributed by atoms with van der Waals surface area (Å²) in [5, 5.41) is 6.85. The van der Waals surface area contributed by atoms with Gasteiger partial charge >= 0.3 is 0 Å². The van der Waals surface area contributed by atoms with Crippen LogP contribution in [-0.2, 0) is 13.1 Å². The van der Waals surface area contributed by atoms with E-state index in [9.17, 15) is 0 Å². The minimum atomic E-state index is 0.733. The summed E-state index contributed by atoms with van der Waals surface area (Å²) in [6, 6.07) is 28.2. The Labute approximate surface area is 198 Å². The molecule has 0 aliphatic rings. The maximum atomic E-state index is 4.51. The summed E-state index contributed by atoms with van der Waals surface area (Å²) in [5.41, 5.74) is 7.85. The third kappa shape index (κ3) is 5.42. The van der Waals surface area contributed by atoms with Gasteiger partial charge in [0.15, 0.2) is 0 Å². The van der Waals surface area contributed by atoms with Gasteiger partial charge in [-0.2, -0.15) is 0 Å². The van der Waals surface area contributed by atoms with Gasteiger partial charge in [0.1, 0.15) is 0 Å². The molecule has 2 N–H and O–H groups in total. The van der Waals surface area contributed by atoms with Gasteiger partial charge in [0, 0.05) is 25.5 Å². The largest absolute Gasteiger partial charge is 0.380 e. The van der Waals surface area contributed by atoms with Gasteiger partial charge in [0.2, 0.25) is 0 Å². The summed E-state index contributed by atoms with van der Waals surface area (Å²) < 4.78 is 0. The van der Waals surface area contributed by atoms with E-state index >= 15 is 0 Å². The second-order valence-corrected chi connectivity index (χ2v) is 7.82. The summed E-state index contributed by atoms with van der Waals surface area (Å²) in [6.07, 6.45) is 7.24. The van der Waals surface area contributed by atoms with E-state index in [4.69, 9.17) is 0 Å². The van der Waals surface area contributed by atoms with Gasteiger partial charge in [-0.15, -0.1) is 0 Å². The van der Waals surface area contributed by atoms with Crippen molar-refractivity contribution >= 4 is 11.4 Å². The van der Waals surface area contributed by atoms with Gasteiger partial charge in [-0.1, -0.05) is 36.4 Å². The quantitative estimate of drug-likeness (QED) is 0.314. The molecule has 1 aromatic carbocycles. The molecule has 0 aliphatic heterocycles. The molecular weight excluding hydrogens is 420 g/mol. The van der Waals surface area contributed by atoms with Crippen LogP contribution in [0.1, 0.15) is 11.1 Å². The van der Waals surface area contributed by atoms with E-state index in [1.54, 1.807) is 12.4 Å². The first-order valence-electron chi connectivity index (χ1n) is 11.1. The Balaban J connectivity index is 1.12. The van der Waals surface area contributed by atoms with Gasteiger partial charge in [-0.05, 0) is 59.7 Å². The van der Waals surface area contributed by atoms with Gasteiger partial charge in [-0.3, -0.25) is 19.9 Å². The predicted molar refractivity (Wildman–Crippen MR) is 136 cm³/mol. The molecule has 166 valence electrons. The Morgan fingerprint density at radius 2 is 0.882 bits per heavy atom. The zero-order valence-corrected chi connectivity index (χ0v) is 18.6. The number of rotatable bonds is 8. The first kappa shape index (κ1) is 21.3. The zero-order chi connectivity index (χ0) is 23.0. The molecule has 4 heterocycles. The summed E-state index contributed by atoms with van der Waals surface area (Å²) >= 11 is 0. The normalized spacial score (nSPS) is 10.6. The van der Waals surface area contributed by atoms with Gasteiger partial charge in [-0.25, -0.2) is 0 Å². The molecule has 6 nitrogen and oxygen atoms in total. The van der Waals surface area contributed by atoms with E-state index in [1.807, 2.05) is 73.1 Å². The molecule has 4 aromatic heterocycles. The fourth-order valence-corrected chi connectivity index (χ4v) is 3.51. The van der Waals surface area contributed by atoms with E-state index in [-0.39, 0.29) is 0 Å². The number of benzene rings is 1. The van der Waals surface area contributed by atoms with Crippen LogP contribution in [-0.4, -0.2) is 19.9 Å². The van der Waals surface area contributed by atoms with Gasteiger partial charge in [0.25, 0.3) is 0 Å². The Hall–Kier alpha value is -4.58. The lowest BCUT2D eigenvalue weighted by atomic mass is 10.1. The molecule has 5 aromatic rings. The number of aromatic nitrogens is 4. The van der Waals surface area contributed by atoms with E-state index in [0.29, 0.717) is 0 Å². The molecule has 0 unspecified atom stereocenters. The van der Waals surface area contributed by atoms with E-state index in [0.717, 1.165) is 47.2 Å². The highest BCUT2D eigenvalue weighted by Crippen LogP contribution is 2.18. The van der Waals surface area contributed by atoms with Crippen molar-refractivity contribution in [1.82, 2.24) is 19.9 Å². The summed E-state index contributed by atoms with van der Waals surface area (Å²) in [7, 11) is 0. The smallest absolute Gasteiger partial charge is 0.0887 e. The van der Waals surface area contributed by atoms with Crippen LogP contribution in [0, 0.1) is 0 Å². The molecule has 0 bridgehead atoms. The zero-order valence-electron chi connectivity index (χ0n) is 18.6. The minimum Gasteiger partial charge on any atom is -0.380 e. The summed E-state index contributed by atoms with van der Waals surface area (Å²) in [5.74, 6) is 0. The highest BCUT2D eigenvalue weighted by Gasteiger charge is 2.02. The molecular formula is C28H24N6. The highest BCUT2D eigenvalue weighted by molar-refractivity contribution is 5.58. The fraction of sp³-hybridized carbons (Fsp3) is 0.0714. The Morgan fingerprint density at radius 1 is 0.441 bits per heavy atom. The first-order chi connectivity index (χ1) is 16.8. The molecule has 0 saturated carbocycles. The third-order valence-electron chi connectivity index (χ3n) is 5.40. The lowest BCUT2D eigenvalue weighted by Gasteiger charge is -2.10. The van der Waals surface area contributed by atoms with Crippen molar-refractivity contribution in [3.63, 3.8) is 0 Å². The van der Waals surface area contributed by atoms with Crippen molar-refractivity contribution in [2.24, 2.45) is 0 Å². The van der Waals surface area contributed by atoms with Crippen LogP contribution in [0.25, 0.3) is 22.8 Å². The van der Waals surface area contributed by atoms with Crippen LogP contribution in [0.2, 0.25) is 0 Å². The van der Waals surface area contributed by atoms with Crippen LogP contribution in [0.3, 0.4) is 0 Å². The highest BCUT2D eigenvalue weighted by atomic mass is 14.9. The molecule has 5 rings (SSSR count). The SMILES string of the molecule is c1ccc(-c2ccc(NCc3ccc(CNc4ccc(-c5ccccn5)nc4)cc3)cn2)nc1. The number of nitrogens with zero attached hydrogens (tertiary/aromatic N) is 4. The maximum Gasteiger partial charge on any atom is 0.0887 e. The Morgan fingerprint density at radius 3 is 1.24 bits per heavy atom. The molecule has 34 heavy (non-hydrogen) atoms. The third-order valence-corrected chi connectivity index (χ3v) is 5.40. The maximum absolute atomic E-state index is 4.51. The molecule has 0 fully saturated rings. The number of hydrogen-bond acceptors (Lipinski definition) is 6. The van der Waals surface area contributed by atoms with Crippen molar-refractivity contribution in [1.29, 1.82) is 0 Å². The van der Waals surface area contributed by atoms with Crippen molar-refractivity contribution in [2.45, 2.75) is 13.1 Å². The van der Waals surface area contributed by atoms with Crippen molar-refractivity contribution in [3.05, 3.63) is 121 Å². The second-order valence-electron chi connectivity index (χ2n) is 7.82. The predicted octanol–water partition coefficient (Wildman–Crippen LogP) is 5.82. The summed E-state index contributed by atoms with van der Waals surface area (Å²) in [4.78, 5) is 17.7. The minimum absolute atomic E-state index is 0.733. The van der Waals surface area contributed by atoms with Crippen LogP contribution >= 0.6 is 0 Å². The van der Waals surface area contributed by atoms with E-state index in [1.165, 1.54) is 11.1 Å². The second kappa shape index (κ2) is 10.4. The number of hydrogen-bond donors (Lipinski definition) is 2. The van der Waals surface area contributed by atoms with Crippen LogP contribution in [0.15, 0.2) is 110 Å². The monoisotopic (exact) mass is 444 g/mol. The van der Waals surface area contributed by atoms with Crippen LogP contribution in [0.4, 0.5) is 11.4 Å². The first-order valence-corrected chi connectivity index (χ1v) is 11.1. The molecule has 0 saturated heterocycles. The van der Waals surface area contributed by atoms with Gasteiger partial charge in [0.05, 0.1) is 46.5 Å². The van der Waals surface area contributed by atoms with Crippen molar-refractivity contribution in [2.75, 3.05) is 10.6 Å². The van der Waals surface area contributed by atoms with Crippen LogP contribution < -0.4 is 10.6 Å². The lowest BCUT2D eigenvalue weighted by Crippen LogP contribution is -2.02. The Bertz CT molecular complexity index is 1200. The molecule has 6 heteroatoms. The average Bonchev–Trinajstić information content (AvgIpc) is 2.93. The molecule has 0 spiro atoms. The van der Waals surface area contributed by atoms with E-state index in [2.05, 4.69) is 54.8 Å². The molecule has 0 aliphatic carbocycles. The van der Waals surface area contributed by atoms with Crippen LogP contribution in [0.5, 0.6) is 0 Å². The number of anilines is 2. The Kier molecular flexibility index (Phi) is 6.48. The number of pyridine rings is 4. The topological polar surface area (TPSA) is 75.6 Å². The number of nitrogens with one attached hydrogen (secondary N) is 2.